The number of ether oxygens (including phenoxy) is 3. The number of hydrogen-bond acceptors (Lipinski definition) is 12. The van der Waals surface area contributed by atoms with Crippen LogP contribution in [0.15, 0.2) is 215 Å². The van der Waals surface area contributed by atoms with Crippen LogP contribution in [-0.4, -0.2) is 99.7 Å². The average Bonchev–Trinajstić information content (AvgIpc) is 1.66. The van der Waals surface area contributed by atoms with Gasteiger partial charge in [-0.15, -0.1) is 0 Å². The molecule has 3 aliphatic heterocycles. The van der Waals surface area contributed by atoms with Crippen molar-refractivity contribution < 1.29 is 43.3 Å². The Morgan fingerprint density at radius 2 is 0.869 bits per heavy atom. The standard InChI is InChI=1S/C29H30N2O3.C29H32N2O2.C27H25NO4/c1-17(32)31-15-18-11-26(33)23-14-21-7-9-29(2)24(5-6-25(29)28(21)34-27(23)12-18)20-4-3-19-8-10-30-16-22(19)13-20;1-29-10-8-21-15-23-26(32)12-18(17-31(2)3)13-27(23)33-28(21)25(29)7-6-24(29)20-5-4-19-9-11-30-16-22(19)14-20;1-27-8-6-17-11-20-23(29)12-18(26(30)31)13-24(20)32-25(17)22(27)5-4-21(27)16-3-2-15-7-9-28-14-19(15)10-16/h3-4,7-10,13-14,16,18,24-25,28H,5-6,11-12,15H2,1-2H3,(H,31,32);4-5,8-11,14-16,18,24-25,28H,6-7,12-13,17H2,1-3H3;2-3,6-11,14,18,21-22,25H,4-5,12-13H2,1H3,(H,30,31)/t2*18?,24-,25+,28-,29-;18?,21-,22+,25-,27-/m111/s1. The van der Waals surface area contributed by atoms with Crippen molar-refractivity contribution in [2.45, 2.75) is 141 Å². The molecule has 0 spiro atoms. The van der Waals surface area contributed by atoms with Crippen LogP contribution in [0.1, 0.15) is 139 Å². The third kappa shape index (κ3) is 11.6. The summed E-state index contributed by atoms with van der Waals surface area (Å²) in [6, 6.07) is 26.5. The smallest absolute Gasteiger partial charge is 0.307 e. The van der Waals surface area contributed by atoms with Crippen LogP contribution >= 0.6 is 0 Å². The topological polar surface area (TPSA) is 187 Å². The molecule has 12 aliphatic rings. The molecule has 99 heavy (non-hydrogen) atoms. The molecule has 0 saturated heterocycles. The Hall–Kier alpha value is -9.14. The number of nitrogens with one attached hydrogen (secondary N) is 1. The number of Topliss-reactive ketones (excluding diaryl/α,β-unsaturated/α-hetero) is 3. The van der Waals surface area contributed by atoms with Crippen LogP contribution in [0.3, 0.4) is 0 Å². The quantitative estimate of drug-likeness (QED) is 0.147. The molecule has 0 bridgehead atoms. The number of amides is 1. The van der Waals surface area contributed by atoms with Crippen molar-refractivity contribution in [3.63, 3.8) is 0 Å². The van der Waals surface area contributed by atoms with Crippen molar-refractivity contribution in [3.8, 4) is 0 Å². The molecule has 3 fully saturated rings. The minimum atomic E-state index is -0.927. The molecule has 6 aromatic rings. The van der Waals surface area contributed by atoms with Crippen LogP contribution in [0.2, 0.25) is 0 Å². The summed E-state index contributed by atoms with van der Waals surface area (Å²) >= 11 is 0. The maximum atomic E-state index is 12.9. The fraction of sp³-hybridized carbons (Fsp3) is 0.412. The van der Waals surface area contributed by atoms with Gasteiger partial charge in [0.15, 0.2) is 17.3 Å². The van der Waals surface area contributed by atoms with E-state index in [0.717, 1.165) is 90.7 Å². The molecular formula is C85H87N5O9. The summed E-state index contributed by atoms with van der Waals surface area (Å²) in [4.78, 5) is 76.3. The summed E-state index contributed by atoms with van der Waals surface area (Å²) in [6.07, 6.45) is 40.6. The lowest BCUT2D eigenvalue weighted by molar-refractivity contribution is -0.144. The zero-order valence-corrected chi connectivity index (χ0v) is 57.4. The maximum Gasteiger partial charge on any atom is 0.307 e. The largest absolute Gasteiger partial charge is 0.489 e. The average molecular weight is 1320 g/mol. The number of carboxylic acids is 1. The minimum absolute atomic E-state index is 0.00970. The van der Waals surface area contributed by atoms with E-state index in [1.807, 2.05) is 49.3 Å². The third-order valence-electron chi connectivity index (χ3n) is 25.1. The number of benzene rings is 3. The van der Waals surface area contributed by atoms with E-state index in [1.165, 1.54) is 56.1 Å². The third-order valence-corrected chi connectivity index (χ3v) is 25.1. The summed E-state index contributed by atoms with van der Waals surface area (Å²) in [7, 11) is 4.15. The second-order valence-corrected chi connectivity index (χ2v) is 31.3. The highest BCUT2D eigenvalue weighted by molar-refractivity contribution is 6.02. The first-order valence-corrected chi connectivity index (χ1v) is 35.9. The van der Waals surface area contributed by atoms with Gasteiger partial charge < -0.3 is 29.5 Å². The molecule has 3 aromatic carbocycles. The number of allylic oxidation sites excluding steroid dienone is 12. The molecular weight excluding hydrogens is 1230 g/mol. The number of carboxylic acid groups (broad SMARTS) is 1. The van der Waals surface area contributed by atoms with E-state index < -0.39 is 11.9 Å². The van der Waals surface area contributed by atoms with Crippen LogP contribution < -0.4 is 5.32 Å². The first-order valence-electron chi connectivity index (χ1n) is 35.9. The number of pyridine rings is 3. The predicted octanol–water partition coefficient (Wildman–Crippen LogP) is 15.4. The number of carbonyl (C=O) groups excluding carboxylic acids is 4. The van der Waals surface area contributed by atoms with Crippen molar-refractivity contribution in [3.05, 3.63) is 232 Å². The Labute approximate surface area is 578 Å². The zero-order chi connectivity index (χ0) is 68.2. The molecule has 3 aromatic heterocycles. The van der Waals surface area contributed by atoms with Crippen LogP contribution in [0.4, 0.5) is 0 Å². The zero-order valence-electron chi connectivity index (χ0n) is 57.4. The van der Waals surface area contributed by atoms with Gasteiger partial charge in [0.1, 0.15) is 35.6 Å². The van der Waals surface area contributed by atoms with Gasteiger partial charge in [-0.1, -0.05) is 93.6 Å². The van der Waals surface area contributed by atoms with Gasteiger partial charge in [0.2, 0.25) is 5.91 Å². The highest BCUT2D eigenvalue weighted by atomic mass is 16.5. The lowest BCUT2D eigenvalue weighted by atomic mass is 9.64. The summed E-state index contributed by atoms with van der Waals surface area (Å²) in [5, 5.41) is 19.5. The fourth-order valence-electron chi connectivity index (χ4n) is 19.9. The Bertz CT molecular complexity index is 4700. The SMILES string of the molecule is CC(=O)NCC1CC(=O)C2=C(C1)O[C@@H]1C(=C2)C=C[C@]2(C)[C@@H](c3ccc4ccncc4c3)CC[C@@H]12.CN(C)CC1CC(=O)C2=C(C1)O[C@@H]1C(=C2)C=C[C@]2(C)[C@@H](c3ccc4ccncc4c3)CC[C@@H]12.C[C@]12C=CC3=CC4=C(CC(C(=O)O)CC4=O)O[C@H]3[C@@H]1CC[C@@H]2c1ccc2ccncc2c1. The molecule has 1 amide bonds. The molecule has 6 heterocycles. The second kappa shape index (κ2) is 25.2. The number of rotatable bonds is 8. The summed E-state index contributed by atoms with van der Waals surface area (Å²) in [5.41, 5.74) is 9.50. The number of ketones is 3. The molecule has 14 nitrogen and oxygen atoms in total. The molecule has 0 radical (unpaired) electrons. The van der Waals surface area contributed by atoms with Crippen LogP contribution in [-0.2, 0) is 38.2 Å². The Kier molecular flexibility index (Phi) is 16.5. The highest BCUT2D eigenvalue weighted by Gasteiger charge is 2.57. The Morgan fingerprint density at radius 1 is 0.495 bits per heavy atom. The van der Waals surface area contributed by atoms with E-state index in [0.29, 0.717) is 79.1 Å². The maximum absolute atomic E-state index is 12.9. The number of fused-ring (bicyclic) bond motifs is 12. The molecule has 9 aliphatic carbocycles. The monoisotopic (exact) mass is 1320 g/mol. The number of carbonyl (C=O) groups is 5. The van der Waals surface area contributed by atoms with Gasteiger partial charge in [-0.3, -0.25) is 38.9 Å². The normalized spacial score (nSPS) is 32.7. The number of hydrogen-bond donors (Lipinski definition) is 2. The molecule has 3 unspecified atom stereocenters. The number of aliphatic carboxylic acids is 1. The van der Waals surface area contributed by atoms with Gasteiger partial charge in [-0.25, -0.2) is 0 Å². The van der Waals surface area contributed by atoms with E-state index in [-0.39, 0.29) is 76.1 Å². The van der Waals surface area contributed by atoms with Crippen molar-refractivity contribution >= 4 is 61.5 Å². The van der Waals surface area contributed by atoms with Crippen LogP contribution in [0.25, 0.3) is 32.3 Å². The summed E-state index contributed by atoms with van der Waals surface area (Å²) in [5.74, 6) is 3.62. The van der Waals surface area contributed by atoms with Crippen molar-refractivity contribution in [2.24, 2.45) is 51.8 Å². The van der Waals surface area contributed by atoms with E-state index in [9.17, 15) is 29.1 Å². The van der Waals surface area contributed by atoms with E-state index in [2.05, 4.69) is 175 Å². The van der Waals surface area contributed by atoms with Gasteiger partial charge in [0.25, 0.3) is 0 Å². The van der Waals surface area contributed by atoms with Crippen LogP contribution in [0.5, 0.6) is 0 Å². The van der Waals surface area contributed by atoms with E-state index in [1.54, 1.807) is 0 Å². The van der Waals surface area contributed by atoms with Gasteiger partial charge in [0.05, 0.1) is 22.6 Å². The van der Waals surface area contributed by atoms with Gasteiger partial charge in [-0.05, 0) is 203 Å². The summed E-state index contributed by atoms with van der Waals surface area (Å²) in [6.45, 7) is 10.0. The first kappa shape index (κ1) is 64.5. The molecule has 506 valence electrons. The van der Waals surface area contributed by atoms with Crippen LogP contribution in [0, 0.1) is 51.8 Å². The second-order valence-electron chi connectivity index (χ2n) is 31.3. The van der Waals surface area contributed by atoms with E-state index in [4.69, 9.17) is 14.2 Å². The fourth-order valence-corrected chi connectivity index (χ4v) is 19.9. The minimum Gasteiger partial charge on any atom is -0.489 e. The Morgan fingerprint density at radius 3 is 1.25 bits per heavy atom. The number of nitrogens with zero attached hydrogens (tertiary/aromatic N) is 4. The molecule has 14 heteroatoms. The van der Waals surface area contributed by atoms with Gasteiger partial charge >= 0.3 is 5.97 Å². The molecule has 2 N–H and O–H groups in total. The summed E-state index contributed by atoms with van der Waals surface area (Å²) < 4.78 is 19.8. The number of aromatic nitrogens is 3. The van der Waals surface area contributed by atoms with Crippen molar-refractivity contribution in [1.29, 1.82) is 0 Å². The van der Waals surface area contributed by atoms with E-state index >= 15 is 0 Å². The lowest BCUT2D eigenvalue weighted by Crippen LogP contribution is -2.41. The molecule has 15 atom stereocenters. The predicted molar refractivity (Wildman–Crippen MR) is 381 cm³/mol. The molecule has 18 rings (SSSR count). The van der Waals surface area contributed by atoms with Crippen molar-refractivity contribution in [1.82, 2.24) is 25.2 Å². The first-order chi connectivity index (χ1) is 47.8. The Balaban J connectivity index is 0.000000116. The molecule has 3 saturated carbocycles. The van der Waals surface area contributed by atoms with Gasteiger partial charge in [-0.2, -0.15) is 0 Å². The van der Waals surface area contributed by atoms with Gasteiger partial charge in [0, 0.05) is 130 Å². The lowest BCUT2D eigenvalue weighted by Gasteiger charge is -2.45. The van der Waals surface area contributed by atoms with Crippen molar-refractivity contribution in [2.75, 3.05) is 27.2 Å². The highest BCUT2D eigenvalue weighted by Crippen LogP contribution is 2.63.